The molecule has 3 rings (SSSR count). The second kappa shape index (κ2) is 5.73. The van der Waals surface area contributed by atoms with Crippen molar-refractivity contribution in [2.24, 2.45) is 17.8 Å². The topological polar surface area (TPSA) is 17.1 Å². The fraction of sp³-hybridized carbons (Fsp3) is 0.500. The Morgan fingerprint density at radius 1 is 1.16 bits per heavy atom. The van der Waals surface area contributed by atoms with Crippen molar-refractivity contribution >= 4 is 5.78 Å². The van der Waals surface area contributed by atoms with Crippen molar-refractivity contribution in [1.82, 2.24) is 0 Å². The molecule has 19 heavy (non-hydrogen) atoms. The second-order valence-corrected chi connectivity index (χ2v) is 6.04. The number of hydrogen-bond acceptors (Lipinski definition) is 1. The van der Waals surface area contributed by atoms with Gasteiger partial charge in [-0.05, 0) is 43.1 Å². The zero-order chi connectivity index (χ0) is 13.1. The molecule has 2 aliphatic carbocycles. The first-order valence-corrected chi connectivity index (χ1v) is 7.56. The Morgan fingerprint density at radius 2 is 1.89 bits per heavy atom. The fourth-order valence-electron chi connectivity index (χ4n) is 3.80. The molecule has 2 atom stereocenters. The Hall–Kier alpha value is -1.37. The predicted molar refractivity (Wildman–Crippen MR) is 80.0 cm³/mol. The summed E-state index contributed by atoms with van der Waals surface area (Å²) >= 11 is 0. The number of carbonyl (C=O) groups excluding carboxylic acids is 1. The quantitative estimate of drug-likeness (QED) is 0.712. The number of allylic oxidation sites excluding steroid dienone is 2. The SMILES string of the molecule is O=C(C/C=C\Cc1ccccc1)C1C2CCCC1C2.[HH]. The van der Waals surface area contributed by atoms with Crippen LogP contribution in [0.25, 0.3) is 0 Å². The minimum absolute atomic E-state index is 0. The first kappa shape index (κ1) is 12.7. The molecule has 0 N–H and O–H groups in total. The molecule has 0 spiro atoms. The fourth-order valence-corrected chi connectivity index (χ4v) is 3.80. The van der Waals surface area contributed by atoms with Crippen LogP contribution in [0, 0.1) is 17.8 Å². The molecular weight excluding hydrogens is 232 g/mol. The molecule has 0 aliphatic heterocycles. The van der Waals surface area contributed by atoms with Crippen molar-refractivity contribution in [3.05, 3.63) is 48.0 Å². The normalized spacial score (nSPS) is 29.2. The third kappa shape index (κ3) is 2.80. The average molecular weight is 256 g/mol. The smallest absolute Gasteiger partial charge is 0.140 e. The van der Waals surface area contributed by atoms with Crippen molar-refractivity contribution in [2.75, 3.05) is 0 Å². The molecule has 0 radical (unpaired) electrons. The standard InChI is InChI=1S/C18H22O.H2/c19-17(18-15-10-6-11-16(18)13-15)12-5-4-9-14-7-2-1-3-8-14;/h1-5,7-8,15-16,18H,6,9-13H2;1H/b5-4-;. The van der Waals surface area contributed by atoms with Gasteiger partial charge in [-0.1, -0.05) is 48.9 Å². The van der Waals surface area contributed by atoms with Crippen LogP contribution in [0.15, 0.2) is 42.5 Å². The van der Waals surface area contributed by atoms with E-state index < -0.39 is 0 Å². The molecule has 2 bridgehead atoms. The summed E-state index contributed by atoms with van der Waals surface area (Å²) < 4.78 is 0. The highest BCUT2D eigenvalue weighted by molar-refractivity contribution is 5.84. The molecule has 2 fully saturated rings. The van der Waals surface area contributed by atoms with E-state index in [1.807, 2.05) is 6.07 Å². The molecule has 0 amide bonds. The van der Waals surface area contributed by atoms with Gasteiger partial charge in [0.2, 0.25) is 0 Å². The first-order valence-electron chi connectivity index (χ1n) is 7.56. The lowest BCUT2D eigenvalue weighted by atomic mass is 9.55. The maximum atomic E-state index is 12.2. The minimum atomic E-state index is 0. The van der Waals surface area contributed by atoms with Crippen molar-refractivity contribution in [3.63, 3.8) is 0 Å². The van der Waals surface area contributed by atoms with E-state index in [4.69, 9.17) is 0 Å². The van der Waals surface area contributed by atoms with Gasteiger partial charge in [-0.15, -0.1) is 0 Å². The van der Waals surface area contributed by atoms with Gasteiger partial charge in [-0.3, -0.25) is 4.79 Å². The maximum absolute atomic E-state index is 12.2. The predicted octanol–water partition coefficient (Wildman–Crippen LogP) is 4.43. The van der Waals surface area contributed by atoms with E-state index in [2.05, 4.69) is 36.4 Å². The van der Waals surface area contributed by atoms with Crippen LogP contribution in [-0.4, -0.2) is 5.78 Å². The third-order valence-electron chi connectivity index (χ3n) is 4.82. The van der Waals surface area contributed by atoms with E-state index in [1.54, 1.807) is 0 Å². The molecule has 1 heteroatoms. The molecule has 0 saturated heterocycles. The van der Waals surface area contributed by atoms with E-state index in [0.717, 1.165) is 18.3 Å². The summed E-state index contributed by atoms with van der Waals surface area (Å²) in [7, 11) is 0. The molecule has 2 aliphatic rings. The van der Waals surface area contributed by atoms with Crippen LogP contribution in [0.3, 0.4) is 0 Å². The lowest BCUT2D eigenvalue weighted by Gasteiger charge is -2.48. The molecule has 102 valence electrons. The monoisotopic (exact) mass is 256 g/mol. The molecule has 1 aromatic carbocycles. The summed E-state index contributed by atoms with van der Waals surface area (Å²) in [6.45, 7) is 0. The molecule has 0 aromatic heterocycles. The first-order chi connectivity index (χ1) is 9.34. The summed E-state index contributed by atoms with van der Waals surface area (Å²) in [5.41, 5.74) is 1.31. The molecule has 1 aromatic rings. The summed E-state index contributed by atoms with van der Waals surface area (Å²) in [5, 5.41) is 0. The Balaban J connectivity index is 0.00000147. The van der Waals surface area contributed by atoms with Crippen molar-refractivity contribution in [3.8, 4) is 0 Å². The minimum Gasteiger partial charge on any atom is -0.299 e. The maximum Gasteiger partial charge on any atom is 0.140 e. The van der Waals surface area contributed by atoms with E-state index >= 15 is 0 Å². The van der Waals surface area contributed by atoms with Crippen LogP contribution in [-0.2, 0) is 11.2 Å². The number of rotatable bonds is 5. The van der Waals surface area contributed by atoms with Gasteiger partial charge in [-0.2, -0.15) is 0 Å². The molecule has 1 nitrogen and oxygen atoms in total. The van der Waals surface area contributed by atoms with Gasteiger partial charge >= 0.3 is 0 Å². The van der Waals surface area contributed by atoms with Crippen LogP contribution in [0.4, 0.5) is 0 Å². The highest BCUT2D eigenvalue weighted by Gasteiger charge is 2.46. The second-order valence-electron chi connectivity index (χ2n) is 6.04. The summed E-state index contributed by atoms with van der Waals surface area (Å²) in [4.78, 5) is 12.2. The van der Waals surface area contributed by atoms with Crippen LogP contribution in [0.1, 0.15) is 39.1 Å². The van der Waals surface area contributed by atoms with Gasteiger partial charge in [0.1, 0.15) is 5.78 Å². The molecule has 2 saturated carbocycles. The highest BCUT2D eigenvalue weighted by atomic mass is 16.1. The van der Waals surface area contributed by atoms with Crippen molar-refractivity contribution < 1.29 is 6.22 Å². The number of hydrogen-bond donors (Lipinski definition) is 0. The van der Waals surface area contributed by atoms with Crippen LogP contribution < -0.4 is 0 Å². The van der Waals surface area contributed by atoms with Gasteiger partial charge in [-0.25, -0.2) is 0 Å². The van der Waals surface area contributed by atoms with Gasteiger partial charge < -0.3 is 0 Å². The van der Waals surface area contributed by atoms with Gasteiger partial charge in [0, 0.05) is 13.8 Å². The number of benzene rings is 1. The van der Waals surface area contributed by atoms with E-state index in [9.17, 15) is 4.79 Å². The number of ketones is 1. The molecule has 0 heterocycles. The zero-order valence-electron chi connectivity index (χ0n) is 11.4. The highest BCUT2D eigenvalue weighted by Crippen LogP contribution is 2.51. The Labute approximate surface area is 117 Å². The Bertz CT molecular complexity index is 452. The average Bonchev–Trinajstić information content (AvgIpc) is 2.45. The van der Waals surface area contributed by atoms with Crippen molar-refractivity contribution in [2.45, 2.75) is 38.5 Å². The number of carbonyl (C=O) groups is 1. The Morgan fingerprint density at radius 3 is 2.58 bits per heavy atom. The largest absolute Gasteiger partial charge is 0.299 e. The van der Waals surface area contributed by atoms with Crippen LogP contribution in [0.2, 0.25) is 0 Å². The lowest BCUT2D eigenvalue weighted by Crippen LogP contribution is -2.45. The molecular formula is C18H24O. The third-order valence-corrected chi connectivity index (χ3v) is 4.82. The molecule has 2 unspecified atom stereocenters. The zero-order valence-corrected chi connectivity index (χ0v) is 11.4. The van der Waals surface area contributed by atoms with Gasteiger partial charge in [0.25, 0.3) is 0 Å². The summed E-state index contributed by atoms with van der Waals surface area (Å²) in [5.74, 6) is 2.36. The lowest BCUT2D eigenvalue weighted by molar-refractivity contribution is -0.134. The van der Waals surface area contributed by atoms with E-state index in [1.165, 1.54) is 31.2 Å². The Kier molecular flexibility index (Phi) is 3.82. The van der Waals surface area contributed by atoms with E-state index in [-0.39, 0.29) is 1.43 Å². The van der Waals surface area contributed by atoms with Crippen LogP contribution in [0.5, 0.6) is 0 Å². The van der Waals surface area contributed by atoms with Crippen molar-refractivity contribution in [1.29, 1.82) is 0 Å². The summed E-state index contributed by atoms with van der Waals surface area (Å²) in [6, 6.07) is 10.4. The van der Waals surface area contributed by atoms with Crippen LogP contribution >= 0.6 is 0 Å². The van der Waals surface area contributed by atoms with Gasteiger partial charge in [0.15, 0.2) is 0 Å². The van der Waals surface area contributed by atoms with Gasteiger partial charge in [0.05, 0.1) is 0 Å². The number of Topliss-reactive ketones (excluding diaryl/α,β-unsaturated/α-hetero) is 1. The number of fused-ring (bicyclic) bond motifs is 2. The van der Waals surface area contributed by atoms with E-state index in [0.29, 0.717) is 18.1 Å². The summed E-state index contributed by atoms with van der Waals surface area (Å²) in [6.07, 6.45) is 11.1.